The van der Waals surface area contributed by atoms with Gasteiger partial charge in [-0.3, -0.25) is 0 Å². The van der Waals surface area contributed by atoms with Gasteiger partial charge in [0.1, 0.15) is 0 Å². The minimum atomic E-state index is -0.983. The lowest BCUT2D eigenvalue weighted by Gasteiger charge is -2.25. The Hall–Kier alpha value is -4.73. The summed E-state index contributed by atoms with van der Waals surface area (Å²) < 4.78 is 0. The fourth-order valence-electron chi connectivity index (χ4n) is 4.34. The van der Waals surface area contributed by atoms with Gasteiger partial charge in [-0.1, -0.05) is 89.3 Å². The molecule has 5 aromatic rings. The molecule has 39 heavy (non-hydrogen) atoms. The summed E-state index contributed by atoms with van der Waals surface area (Å²) in [5.74, 6) is 0. The van der Waals surface area contributed by atoms with E-state index in [1.807, 2.05) is 109 Å². The third kappa shape index (κ3) is 6.06. The third-order valence-corrected chi connectivity index (χ3v) is 8.03. The summed E-state index contributed by atoms with van der Waals surface area (Å²) in [7, 11) is -0.983. The van der Waals surface area contributed by atoms with Crippen molar-refractivity contribution in [3.05, 3.63) is 151 Å². The highest BCUT2D eigenvalue weighted by atomic mass is 32.2. The first kappa shape index (κ1) is 25.9. The molecule has 0 fully saturated rings. The van der Waals surface area contributed by atoms with Gasteiger partial charge in [0, 0.05) is 26.9 Å². The third-order valence-electron chi connectivity index (χ3n) is 6.17. The first-order valence-corrected chi connectivity index (χ1v) is 13.6. The number of allylic oxidation sites excluding steroid dienone is 1. The number of benzene rings is 5. The summed E-state index contributed by atoms with van der Waals surface area (Å²) in [6.45, 7) is 0. The Bertz CT molecular complexity index is 1600. The Kier molecular flexibility index (Phi) is 8.11. The molecule has 0 aliphatic heterocycles. The number of aliphatic hydroxyl groups is 2. The molecule has 0 aromatic heterocycles. The number of aliphatic hydroxyl groups excluding tert-OH is 1. The van der Waals surface area contributed by atoms with Gasteiger partial charge < -0.3 is 15.1 Å². The first-order valence-electron chi connectivity index (χ1n) is 12.4. The maximum Gasteiger partial charge on any atom is 0.214 e. The molecule has 0 heterocycles. The lowest BCUT2D eigenvalue weighted by atomic mass is 10.0. The minimum absolute atomic E-state index is 0.522. The molecule has 4 nitrogen and oxygen atoms in total. The van der Waals surface area contributed by atoms with Crippen molar-refractivity contribution < 1.29 is 10.2 Å². The molecule has 2 N–H and O–H groups in total. The van der Waals surface area contributed by atoms with E-state index in [4.69, 9.17) is 0 Å². The highest BCUT2D eigenvalue weighted by molar-refractivity contribution is 8.15. The zero-order valence-electron chi connectivity index (χ0n) is 21.1. The van der Waals surface area contributed by atoms with Crippen molar-refractivity contribution >= 4 is 44.4 Å². The van der Waals surface area contributed by atoms with Crippen LogP contribution in [-0.4, -0.2) is 15.4 Å². The van der Waals surface area contributed by atoms with Gasteiger partial charge in [0.15, 0.2) is 0 Å². The second-order valence-electron chi connectivity index (χ2n) is 8.69. The van der Waals surface area contributed by atoms with Crippen LogP contribution in [0.1, 0.15) is 11.1 Å². The number of nitrogens with zero attached hydrogens (tertiary/aromatic N) is 2. The first-order chi connectivity index (χ1) is 19.1. The van der Waals surface area contributed by atoms with E-state index in [9.17, 15) is 15.5 Å². The van der Waals surface area contributed by atoms with Crippen LogP contribution in [0.4, 0.5) is 17.1 Å². The monoisotopic (exact) mass is 526 g/mol. The molecular weight excluding hydrogens is 500 g/mol. The quantitative estimate of drug-likeness (QED) is 0.126. The molecule has 190 valence electrons. The van der Waals surface area contributed by atoms with Gasteiger partial charge in [0.25, 0.3) is 0 Å². The number of anilines is 3. The van der Waals surface area contributed by atoms with Gasteiger partial charge >= 0.3 is 0 Å². The number of nitriles is 1. The molecule has 1 atom stereocenters. The molecule has 0 saturated carbocycles. The van der Waals surface area contributed by atoms with Crippen molar-refractivity contribution in [1.29, 1.82) is 5.26 Å². The number of hydrogen-bond donors (Lipinski definition) is 2. The smallest absolute Gasteiger partial charge is 0.214 e. The minimum Gasteiger partial charge on any atom is -0.336 e. The highest BCUT2D eigenvalue weighted by Crippen LogP contribution is 2.37. The van der Waals surface area contributed by atoms with E-state index in [2.05, 4.69) is 47.4 Å². The Morgan fingerprint density at radius 1 is 0.590 bits per heavy atom. The molecule has 0 bridgehead atoms. The van der Waals surface area contributed by atoms with Crippen LogP contribution >= 0.6 is 10.5 Å². The van der Waals surface area contributed by atoms with Crippen LogP contribution in [0.25, 0.3) is 11.6 Å². The van der Waals surface area contributed by atoms with Gasteiger partial charge in [-0.15, -0.1) is 0 Å². The lowest BCUT2D eigenvalue weighted by Crippen LogP contribution is -2.09. The molecule has 5 rings (SSSR count). The van der Waals surface area contributed by atoms with Crippen LogP contribution in [0.15, 0.2) is 149 Å². The largest absolute Gasteiger partial charge is 0.336 e. The fourth-order valence-corrected chi connectivity index (χ4v) is 5.87. The molecule has 0 aliphatic carbocycles. The number of rotatable bonds is 7. The van der Waals surface area contributed by atoms with E-state index in [-0.39, 0.29) is 0 Å². The second-order valence-corrected chi connectivity index (χ2v) is 10.6. The topological polar surface area (TPSA) is 67.5 Å². The summed E-state index contributed by atoms with van der Waals surface area (Å²) in [4.78, 5) is 3.75. The fraction of sp³-hybridized carbons (Fsp3) is 0. The summed E-state index contributed by atoms with van der Waals surface area (Å²) in [6, 6.07) is 47.6. The van der Waals surface area contributed by atoms with Crippen LogP contribution in [0.2, 0.25) is 0 Å². The van der Waals surface area contributed by atoms with Crippen molar-refractivity contribution in [3.63, 3.8) is 0 Å². The summed E-state index contributed by atoms with van der Waals surface area (Å²) in [5.41, 5.74) is 5.32. The van der Waals surface area contributed by atoms with Crippen molar-refractivity contribution in [2.24, 2.45) is 0 Å². The second kappa shape index (κ2) is 12.2. The van der Waals surface area contributed by atoms with Crippen LogP contribution in [0.3, 0.4) is 0 Å². The van der Waals surface area contributed by atoms with E-state index in [1.54, 1.807) is 0 Å². The van der Waals surface area contributed by atoms with Crippen LogP contribution < -0.4 is 4.90 Å². The van der Waals surface area contributed by atoms with Gasteiger partial charge in [-0.2, -0.15) is 5.26 Å². The van der Waals surface area contributed by atoms with Crippen LogP contribution in [-0.2, 0) is 0 Å². The van der Waals surface area contributed by atoms with Crippen LogP contribution in [0, 0.1) is 11.3 Å². The predicted octanol–water partition coefficient (Wildman–Crippen LogP) is 9.11. The highest BCUT2D eigenvalue weighted by Gasteiger charge is 2.12. The average molecular weight is 527 g/mol. The maximum atomic E-state index is 9.96. The predicted molar refractivity (Wildman–Crippen MR) is 162 cm³/mol. The Labute approximate surface area is 230 Å². The number of hydrogen-bond acceptors (Lipinski definition) is 2. The Balaban J connectivity index is 1.43. The van der Waals surface area contributed by atoms with Gasteiger partial charge in [0.05, 0.1) is 11.6 Å². The molecule has 0 radical (unpaired) electrons. The lowest BCUT2D eigenvalue weighted by molar-refractivity contribution is 0.384. The summed E-state index contributed by atoms with van der Waals surface area (Å²) >= 11 is 0. The summed E-state index contributed by atoms with van der Waals surface area (Å²) in [6.07, 6.45) is 1.86. The van der Waals surface area contributed by atoms with Gasteiger partial charge in [0.2, 0.25) is 5.24 Å². The molecule has 5 heteroatoms. The standard InChI is InChI=1S/C34H26N2O2S/c35-25-28(27-18-22-33(23-19-27)39(34(37)38)32-14-8-3-9-15-32)24-26-16-20-31(21-17-26)36(29-10-4-1-5-11-29)30-12-6-2-7-13-30/h1-24,37-38H. The molecule has 0 aliphatic rings. The molecule has 1 unspecified atom stereocenters. The SMILES string of the molecule is N#CC(=Cc1ccc(N(c2ccccc2)c2ccccc2)cc1)c1ccc(S(=C(O)O)c2ccccc2)cc1. The number of para-hydroxylation sites is 2. The van der Waals surface area contributed by atoms with Gasteiger partial charge in [-0.25, -0.2) is 0 Å². The van der Waals surface area contributed by atoms with Crippen molar-refractivity contribution in [2.75, 3.05) is 4.90 Å². The maximum absolute atomic E-state index is 9.96. The summed E-state index contributed by atoms with van der Waals surface area (Å²) in [5, 5.41) is 29.2. The van der Waals surface area contributed by atoms with E-state index < -0.39 is 15.7 Å². The normalized spacial score (nSPS) is 11.9. The molecule has 0 saturated heterocycles. The molecule has 0 spiro atoms. The van der Waals surface area contributed by atoms with E-state index >= 15 is 0 Å². The zero-order chi connectivity index (χ0) is 27.0. The van der Waals surface area contributed by atoms with E-state index in [0.29, 0.717) is 5.57 Å². The Morgan fingerprint density at radius 3 is 1.54 bits per heavy atom. The average Bonchev–Trinajstić information content (AvgIpc) is 2.99. The molecule has 0 amide bonds. The van der Waals surface area contributed by atoms with Gasteiger partial charge in [-0.05, 0) is 77.9 Å². The molecule has 5 aromatic carbocycles. The van der Waals surface area contributed by atoms with E-state index in [0.717, 1.165) is 38.0 Å². The van der Waals surface area contributed by atoms with Crippen molar-refractivity contribution in [2.45, 2.75) is 9.79 Å². The van der Waals surface area contributed by atoms with E-state index in [1.165, 1.54) is 0 Å². The van der Waals surface area contributed by atoms with Crippen molar-refractivity contribution in [3.8, 4) is 6.07 Å². The van der Waals surface area contributed by atoms with Crippen LogP contribution in [0.5, 0.6) is 0 Å². The zero-order valence-corrected chi connectivity index (χ0v) is 21.9. The Morgan fingerprint density at radius 2 is 1.05 bits per heavy atom. The van der Waals surface area contributed by atoms with Crippen molar-refractivity contribution in [1.82, 2.24) is 0 Å². The molecular formula is C34H26N2O2S.